The van der Waals surface area contributed by atoms with Crippen LogP contribution in [0.3, 0.4) is 0 Å². The molecule has 6 nitrogen and oxygen atoms in total. The third kappa shape index (κ3) is 7.00. The zero-order valence-electron chi connectivity index (χ0n) is 16.2. The molecule has 0 atom stereocenters. The fraction of sp³-hybridized carbons (Fsp3) is 0.286. The molecule has 1 heterocycles. The van der Waals surface area contributed by atoms with Crippen molar-refractivity contribution in [3.8, 4) is 0 Å². The number of para-hydroxylation sites is 1. The summed E-state index contributed by atoms with van der Waals surface area (Å²) in [4.78, 5) is 38.2. The minimum absolute atomic E-state index is 0.268. The van der Waals surface area contributed by atoms with Crippen molar-refractivity contribution in [3.05, 3.63) is 57.8 Å². The van der Waals surface area contributed by atoms with Crippen molar-refractivity contribution < 1.29 is 19.1 Å². The van der Waals surface area contributed by atoms with Crippen LogP contribution in [-0.4, -0.2) is 30.9 Å². The van der Waals surface area contributed by atoms with Gasteiger partial charge in [0.05, 0.1) is 11.3 Å². The lowest BCUT2D eigenvalue weighted by Gasteiger charge is -2.12. The van der Waals surface area contributed by atoms with Crippen LogP contribution < -0.4 is 10.6 Å². The van der Waals surface area contributed by atoms with Gasteiger partial charge in [-0.05, 0) is 43.2 Å². The van der Waals surface area contributed by atoms with Crippen LogP contribution in [0.15, 0.2) is 42.5 Å². The predicted octanol–water partition coefficient (Wildman–Crippen LogP) is 3.64. The molecule has 2 N–H and O–H groups in total. The largest absolute Gasteiger partial charge is 0.452 e. The van der Waals surface area contributed by atoms with Crippen LogP contribution in [0.1, 0.15) is 34.0 Å². The minimum Gasteiger partial charge on any atom is -0.452 e. The first-order valence-corrected chi connectivity index (χ1v) is 9.75. The van der Waals surface area contributed by atoms with Gasteiger partial charge in [0.1, 0.15) is 0 Å². The van der Waals surface area contributed by atoms with Gasteiger partial charge in [0.25, 0.3) is 11.8 Å². The van der Waals surface area contributed by atoms with Gasteiger partial charge in [-0.3, -0.25) is 9.59 Å². The van der Waals surface area contributed by atoms with Crippen LogP contribution in [0.4, 0.5) is 5.69 Å². The van der Waals surface area contributed by atoms with E-state index in [1.165, 1.54) is 6.08 Å². The normalized spacial score (nSPS) is 10.9. The molecule has 0 aliphatic carbocycles. The average Bonchev–Trinajstić information content (AvgIpc) is 3.08. The maximum atomic E-state index is 12.3. The van der Waals surface area contributed by atoms with Gasteiger partial charge >= 0.3 is 5.97 Å². The summed E-state index contributed by atoms with van der Waals surface area (Å²) in [6.45, 7) is 6.07. The molecule has 7 heteroatoms. The van der Waals surface area contributed by atoms with E-state index in [0.717, 1.165) is 9.75 Å². The second-order valence-corrected chi connectivity index (χ2v) is 7.91. The van der Waals surface area contributed by atoms with E-state index in [9.17, 15) is 14.4 Å². The highest BCUT2D eigenvalue weighted by molar-refractivity contribution is 7.12. The quantitative estimate of drug-likeness (QED) is 0.523. The molecular formula is C21H24N2O4S. The van der Waals surface area contributed by atoms with E-state index in [0.29, 0.717) is 23.7 Å². The molecule has 1 aromatic heterocycles. The topological polar surface area (TPSA) is 84.5 Å². The van der Waals surface area contributed by atoms with Gasteiger partial charge in [0, 0.05) is 22.4 Å². The Balaban J connectivity index is 1.88. The summed E-state index contributed by atoms with van der Waals surface area (Å²) in [5.74, 6) is -1.07. The summed E-state index contributed by atoms with van der Waals surface area (Å²) >= 11 is 1.55. The number of esters is 1. The Labute approximate surface area is 168 Å². The first kappa shape index (κ1) is 21.4. The summed E-state index contributed by atoms with van der Waals surface area (Å²) < 4.78 is 4.95. The molecular weight excluding hydrogens is 376 g/mol. The molecule has 0 aliphatic heterocycles. The van der Waals surface area contributed by atoms with Crippen LogP contribution in [-0.2, 0) is 14.3 Å². The summed E-state index contributed by atoms with van der Waals surface area (Å²) in [7, 11) is 0. The molecule has 0 aliphatic rings. The Bertz CT molecular complexity index is 871. The molecule has 0 saturated carbocycles. The highest BCUT2D eigenvalue weighted by Crippen LogP contribution is 2.17. The van der Waals surface area contributed by atoms with E-state index in [2.05, 4.69) is 10.6 Å². The molecule has 0 spiro atoms. The van der Waals surface area contributed by atoms with E-state index in [1.54, 1.807) is 41.7 Å². The number of hydrogen-bond donors (Lipinski definition) is 2. The maximum absolute atomic E-state index is 12.3. The number of hydrogen-bond acceptors (Lipinski definition) is 5. The molecule has 0 fully saturated rings. The summed E-state index contributed by atoms with van der Waals surface area (Å²) in [6, 6.07) is 10.5. The first-order valence-electron chi connectivity index (χ1n) is 8.93. The number of nitrogens with one attached hydrogen (secondary N) is 2. The van der Waals surface area contributed by atoms with Crippen LogP contribution in [0, 0.1) is 12.8 Å². The van der Waals surface area contributed by atoms with Gasteiger partial charge in [0.2, 0.25) is 0 Å². The number of carbonyl (C=O) groups excluding carboxylic acids is 3. The van der Waals surface area contributed by atoms with Crippen LogP contribution >= 0.6 is 11.3 Å². The molecule has 2 aromatic rings. The fourth-order valence-electron chi connectivity index (χ4n) is 2.25. The zero-order valence-corrected chi connectivity index (χ0v) is 17.0. The molecule has 0 radical (unpaired) electrons. The number of ether oxygens (including phenoxy) is 1. The fourth-order valence-corrected chi connectivity index (χ4v) is 3.03. The van der Waals surface area contributed by atoms with Crippen molar-refractivity contribution in [2.75, 3.05) is 18.5 Å². The molecule has 1 aromatic carbocycles. The molecule has 2 rings (SSSR count). The lowest BCUT2D eigenvalue weighted by Crippen LogP contribution is -2.29. The Morgan fingerprint density at radius 2 is 1.89 bits per heavy atom. The molecule has 0 unspecified atom stereocenters. The predicted molar refractivity (Wildman–Crippen MR) is 111 cm³/mol. The summed E-state index contributed by atoms with van der Waals surface area (Å²) in [5, 5.41) is 5.43. The van der Waals surface area contributed by atoms with E-state index < -0.39 is 18.5 Å². The molecule has 0 bridgehead atoms. The third-order valence-electron chi connectivity index (χ3n) is 3.61. The molecule has 28 heavy (non-hydrogen) atoms. The molecule has 148 valence electrons. The minimum atomic E-state index is -0.607. The van der Waals surface area contributed by atoms with E-state index in [1.807, 2.05) is 32.9 Å². The van der Waals surface area contributed by atoms with Crippen LogP contribution in [0.2, 0.25) is 0 Å². The van der Waals surface area contributed by atoms with E-state index in [4.69, 9.17) is 4.74 Å². The van der Waals surface area contributed by atoms with Gasteiger partial charge in [-0.2, -0.15) is 0 Å². The lowest BCUT2D eigenvalue weighted by molar-refractivity contribution is -0.142. The van der Waals surface area contributed by atoms with Gasteiger partial charge in [-0.25, -0.2) is 4.79 Å². The monoisotopic (exact) mass is 400 g/mol. The number of carbonyl (C=O) groups is 3. The maximum Gasteiger partial charge on any atom is 0.331 e. The number of rotatable bonds is 8. The van der Waals surface area contributed by atoms with Gasteiger partial charge < -0.3 is 15.4 Å². The number of anilines is 1. The molecule has 2 amide bonds. The lowest BCUT2D eigenvalue weighted by atomic mass is 10.1. The highest BCUT2D eigenvalue weighted by atomic mass is 32.1. The number of thiophene rings is 1. The van der Waals surface area contributed by atoms with Gasteiger partial charge in [0.15, 0.2) is 6.61 Å². The van der Waals surface area contributed by atoms with Crippen LogP contribution in [0.5, 0.6) is 0 Å². The Morgan fingerprint density at radius 3 is 2.57 bits per heavy atom. The van der Waals surface area contributed by atoms with E-state index >= 15 is 0 Å². The second-order valence-electron chi connectivity index (χ2n) is 6.59. The summed E-state index contributed by atoms with van der Waals surface area (Å²) in [5.41, 5.74) is 0.727. The van der Waals surface area contributed by atoms with Crippen molar-refractivity contribution >= 4 is 40.9 Å². The first-order chi connectivity index (χ1) is 13.3. The van der Waals surface area contributed by atoms with Crippen molar-refractivity contribution in [2.45, 2.75) is 20.8 Å². The SMILES string of the molecule is Cc1ccc(/C=C/C(=O)OCC(=O)Nc2ccccc2C(=O)NCC(C)C)s1. The van der Waals surface area contributed by atoms with Crippen molar-refractivity contribution in [3.63, 3.8) is 0 Å². The summed E-state index contributed by atoms with van der Waals surface area (Å²) in [6.07, 6.45) is 2.93. The zero-order chi connectivity index (χ0) is 20.5. The number of aryl methyl sites for hydroxylation is 1. The van der Waals surface area contributed by atoms with Gasteiger partial charge in [-0.1, -0.05) is 26.0 Å². The van der Waals surface area contributed by atoms with Crippen molar-refractivity contribution in [1.29, 1.82) is 0 Å². The number of benzene rings is 1. The smallest absolute Gasteiger partial charge is 0.331 e. The average molecular weight is 401 g/mol. The van der Waals surface area contributed by atoms with Crippen molar-refractivity contribution in [2.24, 2.45) is 5.92 Å². The number of amides is 2. The van der Waals surface area contributed by atoms with Gasteiger partial charge in [-0.15, -0.1) is 11.3 Å². The Hall–Kier alpha value is -2.93. The Kier molecular flexibility index (Phi) is 7.95. The third-order valence-corrected chi connectivity index (χ3v) is 4.57. The van der Waals surface area contributed by atoms with Crippen molar-refractivity contribution in [1.82, 2.24) is 5.32 Å². The standard InChI is InChI=1S/C21H24N2O4S/c1-14(2)12-22-21(26)17-6-4-5-7-18(17)23-19(24)13-27-20(25)11-10-16-9-8-15(3)28-16/h4-11,14H,12-13H2,1-3H3,(H,22,26)(H,23,24)/b11-10+. The Morgan fingerprint density at radius 1 is 1.14 bits per heavy atom. The van der Waals surface area contributed by atoms with E-state index in [-0.39, 0.29) is 5.91 Å². The second kappa shape index (κ2) is 10.4. The molecule has 0 saturated heterocycles. The highest BCUT2D eigenvalue weighted by Gasteiger charge is 2.14. The van der Waals surface area contributed by atoms with Crippen LogP contribution in [0.25, 0.3) is 6.08 Å².